The summed E-state index contributed by atoms with van der Waals surface area (Å²) < 4.78 is 32.2. The van der Waals surface area contributed by atoms with Crippen molar-refractivity contribution in [1.82, 2.24) is 4.98 Å². The van der Waals surface area contributed by atoms with Crippen LogP contribution in [0.25, 0.3) is 21.7 Å². The maximum absolute atomic E-state index is 13.6. The number of rotatable bonds is 10. The summed E-state index contributed by atoms with van der Waals surface area (Å²) >= 11 is 1.22. The minimum Gasteiger partial charge on any atom is -0.398 e. The Labute approximate surface area is 221 Å². The van der Waals surface area contributed by atoms with E-state index in [-0.39, 0.29) is 25.5 Å². The van der Waals surface area contributed by atoms with Crippen LogP contribution in [0.15, 0.2) is 71.0 Å². The van der Waals surface area contributed by atoms with Gasteiger partial charge in [-0.1, -0.05) is 24.3 Å². The molecule has 0 radical (unpaired) electrons. The molecular weight excluding hydrogens is 512 g/mol. The third-order valence-corrected chi connectivity index (χ3v) is 6.17. The monoisotopic (exact) mass is 535 g/mol. The maximum atomic E-state index is 13.6. The second-order valence-electron chi connectivity index (χ2n) is 8.09. The van der Waals surface area contributed by atoms with Crippen LogP contribution in [-0.4, -0.2) is 42.8 Å². The molecule has 8 nitrogen and oxygen atoms in total. The number of ether oxygens (including phenoxy) is 1. The molecule has 0 saturated heterocycles. The van der Waals surface area contributed by atoms with Gasteiger partial charge in [-0.15, -0.1) is 11.3 Å². The van der Waals surface area contributed by atoms with Gasteiger partial charge in [-0.05, 0) is 42.0 Å². The smallest absolute Gasteiger partial charge is 0.275 e. The van der Waals surface area contributed by atoms with Gasteiger partial charge in [0.1, 0.15) is 28.9 Å². The first-order valence-electron chi connectivity index (χ1n) is 11.4. The van der Waals surface area contributed by atoms with E-state index in [1.165, 1.54) is 41.8 Å². The highest BCUT2D eigenvalue weighted by Gasteiger charge is 2.17. The number of aliphatic imine (C=N–C) groups is 1. The normalized spacial score (nSPS) is 11.1. The van der Waals surface area contributed by atoms with Gasteiger partial charge in [0, 0.05) is 39.7 Å². The van der Waals surface area contributed by atoms with Crippen LogP contribution in [0.1, 0.15) is 16.1 Å². The molecule has 0 aliphatic heterocycles. The van der Waals surface area contributed by atoms with Crippen molar-refractivity contribution < 1.29 is 23.1 Å². The molecule has 4 rings (SSSR count). The fourth-order valence-electron chi connectivity index (χ4n) is 3.49. The molecule has 0 aliphatic carbocycles. The van der Waals surface area contributed by atoms with Gasteiger partial charge >= 0.3 is 0 Å². The SMILES string of the molecule is NC(=O)COCCN=Cc1cc(NC(=O)c2csc(-c3cccc(F)c3)n2)c(-c2ccc(F)cc2)cc1N. The zero-order valence-electron chi connectivity index (χ0n) is 20.0. The molecule has 3 aromatic carbocycles. The van der Waals surface area contributed by atoms with E-state index in [2.05, 4.69) is 15.3 Å². The molecule has 194 valence electrons. The molecule has 1 heterocycles. The van der Waals surface area contributed by atoms with Crippen molar-refractivity contribution in [3.63, 3.8) is 0 Å². The second kappa shape index (κ2) is 12.2. The lowest BCUT2D eigenvalue weighted by Crippen LogP contribution is -2.19. The number of carbonyl (C=O) groups is 2. The average Bonchev–Trinajstić information content (AvgIpc) is 3.39. The van der Waals surface area contributed by atoms with Gasteiger partial charge in [0.05, 0.1) is 13.2 Å². The van der Waals surface area contributed by atoms with E-state index in [0.29, 0.717) is 38.6 Å². The third kappa shape index (κ3) is 6.84. The van der Waals surface area contributed by atoms with Gasteiger partial charge in [-0.25, -0.2) is 13.8 Å². The lowest BCUT2D eigenvalue weighted by Gasteiger charge is -2.14. The first kappa shape index (κ1) is 26.6. The Bertz CT molecular complexity index is 1490. The summed E-state index contributed by atoms with van der Waals surface area (Å²) in [6, 6.07) is 15.0. The molecule has 1 aromatic heterocycles. The van der Waals surface area contributed by atoms with Crippen molar-refractivity contribution in [3.8, 4) is 21.7 Å². The van der Waals surface area contributed by atoms with Crippen molar-refractivity contribution in [1.29, 1.82) is 0 Å². The van der Waals surface area contributed by atoms with Crippen LogP contribution < -0.4 is 16.8 Å². The topological polar surface area (TPSA) is 133 Å². The number of primary amides is 1. The van der Waals surface area contributed by atoms with Crippen LogP contribution in [-0.2, 0) is 9.53 Å². The largest absolute Gasteiger partial charge is 0.398 e. The summed E-state index contributed by atoms with van der Waals surface area (Å²) in [5.74, 6) is -1.86. The van der Waals surface area contributed by atoms with Gasteiger partial charge < -0.3 is 21.5 Å². The molecule has 0 spiro atoms. The van der Waals surface area contributed by atoms with Crippen molar-refractivity contribution in [3.05, 3.63) is 88.9 Å². The number of benzene rings is 3. The number of thiazole rings is 1. The maximum Gasteiger partial charge on any atom is 0.275 e. The highest BCUT2D eigenvalue weighted by molar-refractivity contribution is 7.13. The summed E-state index contributed by atoms with van der Waals surface area (Å²) in [7, 11) is 0. The molecule has 5 N–H and O–H groups in total. The molecule has 38 heavy (non-hydrogen) atoms. The summed E-state index contributed by atoms with van der Waals surface area (Å²) in [5, 5.41) is 4.93. The summed E-state index contributed by atoms with van der Waals surface area (Å²) in [6.45, 7) is 0.252. The molecule has 11 heteroatoms. The average molecular weight is 536 g/mol. The van der Waals surface area contributed by atoms with E-state index in [1.807, 2.05) is 0 Å². The molecule has 0 bridgehead atoms. The Hall–Kier alpha value is -4.48. The van der Waals surface area contributed by atoms with Gasteiger partial charge in [0.15, 0.2) is 0 Å². The summed E-state index contributed by atoms with van der Waals surface area (Å²) in [4.78, 5) is 32.5. The number of nitrogens with zero attached hydrogens (tertiary/aromatic N) is 2. The fraction of sp³-hybridized carbons (Fsp3) is 0.111. The van der Waals surface area contributed by atoms with E-state index in [1.54, 1.807) is 41.8 Å². The van der Waals surface area contributed by atoms with E-state index < -0.39 is 23.4 Å². The zero-order valence-corrected chi connectivity index (χ0v) is 20.8. The first-order valence-corrected chi connectivity index (χ1v) is 12.3. The number of hydrogen-bond acceptors (Lipinski definition) is 7. The minimum atomic E-state index is -0.571. The number of hydrogen-bond donors (Lipinski definition) is 3. The van der Waals surface area contributed by atoms with Crippen molar-refractivity contribution in [2.45, 2.75) is 0 Å². The highest BCUT2D eigenvalue weighted by atomic mass is 32.1. The first-order chi connectivity index (χ1) is 18.3. The Kier molecular flexibility index (Phi) is 8.51. The molecule has 0 unspecified atom stereocenters. The Balaban J connectivity index is 1.60. The molecule has 0 fully saturated rings. The predicted molar refractivity (Wildman–Crippen MR) is 144 cm³/mol. The van der Waals surface area contributed by atoms with Crippen molar-refractivity contribution >= 4 is 40.7 Å². The number of nitrogens with two attached hydrogens (primary N) is 2. The van der Waals surface area contributed by atoms with Crippen molar-refractivity contribution in [2.75, 3.05) is 30.8 Å². The van der Waals surface area contributed by atoms with Crippen LogP contribution in [0.3, 0.4) is 0 Å². The minimum absolute atomic E-state index is 0.151. The van der Waals surface area contributed by atoms with Crippen molar-refractivity contribution in [2.24, 2.45) is 10.7 Å². The van der Waals surface area contributed by atoms with Crippen LogP contribution >= 0.6 is 11.3 Å². The molecule has 0 atom stereocenters. The lowest BCUT2D eigenvalue weighted by molar-refractivity contribution is -0.122. The summed E-state index contributed by atoms with van der Waals surface area (Å²) in [6.07, 6.45) is 1.53. The quantitative estimate of drug-likeness (QED) is 0.156. The van der Waals surface area contributed by atoms with E-state index in [4.69, 9.17) is 16.2 Å². The Morgan fingerprint density at radius 1 is 1.05 bits per heavy atom. The van der Waals surface area contributed by atoms with E-state index in [0.717, 1.165) is 0 Å². The number of nitrogens with one attached hydrogen (secondary N) is 1. The van der Waals surface area contributed by atoms with Crippen LogP contribution in [0.4, 0.5) is 20.2 Å². The molecular formula is C27H23F2N5O3S. The highest BCUT2D eigenvalue weighted by Crippen LogP contribution is 2.33. The Morgan fingerprint density at radius 3 is 2.58 bits per heavy atom. The molecule has 4 aromatic rings. The van der Waals surface area contributed by atoms with Crippen LogP contribution in [0, 0.1) is 11.6 Å². The third-order valence-electron chi connectivity index (χ3n) is 5.27. The number of halogens is 2. The van der Waals surface area contributed by atoms with Crippen LogP contribution in [0.5, 0.6) is 0 Å². The molecule has 0 aliphatic rings. The second-order valence-corrected chi connectivity index (χ2v) is 8.95. The number of anilines is 2. The number of nitrogen functional groups attached to an aromatic ring is 1. The standard InChI is InChI=1S/C27H23F2N5O3S/c28-19-6-4-16(5-7-19)21-12-22(30)18(13-32-8-9-37-14-25(31)35)11-23(21)33-26(36)24-15-38-27(34-24)17-2-1-3-20(29)10-17/h1-7,10-13,15H,8-9,14,30H2,(H2,31,35)(H,33,36). The molecule has 2 amide bonds. The number of carbonyl (C=O) groups excluding carboxylic acids is 2. The van der Waals surface area contributed by atoms with E-state index in [9.17, 15) is 18.4 Å². The fourth-order valence-corrected chi connectivity index (χ4v) is 4.29. The zero-order chi connectivity index (χ0) is 27.1. The Morgan fingerprint density at radius 2 is 1.84 bits per heavy atom. The van der Waals surface area contributed by atoms with Gasteiger partial charge in [0.25, 0.3) is 5.91 Å². The summed E-state index contributed by atoms with van der Waals surface area (Å²) in [5.41, 5.74) is 14.5. The van der Waals surface area contributed by atoms with Gasteiger partial charge in [-0.2, -0.15) is 0 Å². The van der Waals surface area contributed by atoms with Gasteiger partial charge in [0.2, 0.25) is 5.91 Å². The van der Waals surface area contributed by atoms with Gasteiger partial charge in [-0.3, -0.25) is 14.6 Å². The van der Waals surface area contributed by atoms with Crippen LogP contribution in [0.2, 0.25) is 0 Å². The number of amides is 2. The predicted octanol–water partition coefficient (Wildman–Crippen LogP) is 4.51. The van der Waals surface area contributed by atoms with E-state index >= 15 is 0 Å². The lowest BCUT2D eigenvalue weighted by atomic mass is 10.00. The molecule has 0 saturated carbocycles. The number of aromatic nitrogens is 1.